The maximum absolute atomic E-state index is 5.76. The van der Waals surface area contributed by atoms with Gasteiger partial charge in [0.25, 0.3) is 0 Å². The molecule has 3 heteroatoms. The van der Waals surface area contributed by atoms with Gasteiger partial charge in [0.05, 0.1) is 12.2 Å². The predicted octanol–water partition coefficient (Wildman–Crippen LogP) is 3.39. The molecule has 0 saturated carbocycles. The molecule has 2 unspecified atom stereocenters. The lowest BCUT2D eigenvalue weighted by atomic mass is 10.2. The number of thioether (sulfide) groups is 1. The van der Waals surface area contributed by atoms with E-state index in [-0.39, 0.29) is 0 Å². The lowest BCUT2D eigenvalue weighted by Gasteiger charge is -2.13. The van der Waals surface area contributed by atoms with Crippen molar-refractivity contribution in [2.75, 3.05) is 18.1 Å². The lowest BCUT2D eigenvalue weighted by molar-refractivity contribution is 0.0637. The summed E-state index contributed by atoms with van der Waals surface area (Å²) in [7, 11) is 0. The number of benzene rings is 1. The first-order valence-electron chi connectivity index (χ1n) is 5.81. The number of ether oxygens (including phenoxy) is 1. The van der Waals surface area contributed by atoms with E-state index < -0.39 is 0 Å². The largest absolute Gasteiger partial charge is 0.382 e. The number of anilines is 1. The average Bonchev–Trinajstić information content (AvgIpc) is 2.73. The molecule has 1 saturated heterocycles. The zero-order chi connectivity index (χ0) is 11.4. The monoisotopic (exact) mass is 237 g/mol. The summed E-state index contributed by atoms with van der Waals surface area (Å²) in [5, 5.41) is 3.42. The van der Waals surface area contributed by atoms with E-state index in [1.54, 1.807) is 11.8 Å². The van der Waals surface area contributed by atoms with Crippen molar-refractivity contribution in [2.24, 2.45) is 0 Å². The number of rotatable bonds is 4. The Morgan fingerprint density at radius 1 is 1.31 bits per heavy atom. The summed E-state index contributed by atoms with van der Waals surface area (Å²) >= 11 is 1.77. The first-order valence-corrected chi connectivity index (χ1v) is 7.04. The molecule has 1 fully saturated rings. The van der Waals surface area contributed by atoms with Crippen molar-refractivity contribution in [3.05, 3.63) is 24.3 Å². The van der Waals surface area contributed by atoms with Crippen LogP contribution in [0, 0.1) is 0 Å². The summed E-state index contributed by atoms with van der Waals surface area (Å²) in [4.78, 5) is 1.30. The Kier molecular flexibility index (Phi) is 4.13. The Balaban J connectivity index is 1.80. The Bertz CT molecular complexity index is 325. The van der Waals surface area contributed by atoms with Gasteiger partial charge in [-0.15, -0.1) is 11.8 Å². The van der Waals surface area contributed by atoms with Crippen LogP contribution in [0.1, 0.15) is 19.8 Å². The second kappa shape index (κ2) is 5.60. The molecule has 1 aromatic rings. The highest BCUT2D eigenvalue weighted by Gasteiger charge is 2.20. The van der Waals surface area contributed by atoms with Crippen molar-refractivity contribution in [3.63, 3.8) is 0 Å². The zero-order valence-electron chi connectivity index (χ0n) is 9.90. The maximum Gasteiger partial charge on any atom is 0.0751 e. The van der Waals surface area contributed by atoms with Crippen LogP contribution in [0.15, 0.2) is 29.2 Å². The van der Waals surface area contributed by atoms with Crippen LogP contribution in [0.2, 0.25) is 0 Å². The van der Waals surface area contributed by atoms with Crippen LogP contribution < -0.4 is 5.32 Å². The lowest BCUT2D eigenvalue weighted by Crippen LogP contribution is -2.19. The molecule has 0 amide bonds. The fraction of sp³-hybridized carbons (Fsp3) is 0.538. The Morgan fingerprint density at radius 2 is 2.06 bits per heavy atom. The van der Waals surface area contributed by atoms with E-state index in [1.165, 1.54) is 23.4 Å². The molecule has 1 aromatic carbocycles. The van der Waals surface area contributed by atoms with Crippen molar-refractivity contribution in [1.29, 1.82) is 0 Å². The van der Waals surface area contributed by atoms with E-state index in [0.29, 0.717) is 12.2 Å². The first kappa shape index (κ1) is 11.8. The van der Waals surface area contributed by atoms with E-state index in [1.807, 2.05) is 0 Å². The van der Waals surface area contributed by atoms with Crippen molar-refractivity contribution in [1.82, 2.24) is 0 Å². The van der Waals surface area contributed by atoms with Gasteiger partial charge in [0.15, 0.2) is 0 Å². The highest BCUT2D eigenvalue weighted by molar-refractivity contribution is 7.98. The molecule has 2 atom stereocenters. The van der Waals surface area contributed by atoms with Crippen molar-refractivity contribution in [2.45, 2.75) is 36.9 Å². The van der Waals surface area contributed by atoms with Gasteiger partial charge in [-0.2, -0.15) is 0 Å². The molecule has 0 bridgehead atoms. The fourth-order valence-corrected chi connectivity index (χ4v) is 2.38. The molecule has 2 nitrogen and oxygen atoms in total. The summed E-state index contributed by atoms with van der Waals surface area (Å²) < 4.78 is 5.76. The minimum absolute atomic E-state index is 0.384. The molecular formula is C13H19NOS. The van der Waals surface area contributed by atoms with Gasteiger partial charge in [-0.1, -0.05) is 0 Å². The van der Waals surface area contributed by atoms with Crippen molar-refractivity contribution >= 4 is 17.4 Å². The Hall–Kier alpha value is -0.670. The van der Waals surface area contributed by atoms with E-state index in [2.05, 4.69) is 42.8 Å². The fourth-order valence-electron chi connectivity index (χ4n) is 1.98. The average molecular weight is 237 g/mol. The van der Waals surface area contributed by atoms with Gasteiger partial charge in [0.2, 0.25) is 0 Å². The molecule has 0 aliphatic carbocycles. The quantitative estimate of drug-likeness (QED) is 0.811. The SMILES string of the molecule is CSc1ccc(NCC2CCC(C)O2)cc1. The summed E-state index contributed by atoms with van der Waals surface area (Å²) in [5.74, 6) is 0. The van der Waals surface area contributed by atoms with E-state index >= 15 is 0 Å². The maximum atomic E-state index is 5.76. The second-order valence-electron chi connectivity index (χ2n) is 4.26. The van der Waals surface area contributed by atoms with E-state index in [0.717, 1.165) is 6.54 Å². The van der Waals surface area contributed by atoms with Crippen LogP contribution in [0.3, 0.4) is 0 Å². The van der Waals surface area contributed by atoms with Crippen molar-refractivity contribution < 1.29 is 4.74 Å². The number of hydrogen-bond donors (Lipinski definition) is 1. The van der Waals surface area contributed by atoms with Gasteiger partial charge >= 0.3 is 0 Å². The zero-order valence-corrected chi connectivity index (χ0v) is 10.7. The predicted molar refractivity (Wildman–Crippen MR) is 70.3 cm³/mol. The number of nitrogens with one attached hydrogen (secondary N) is 1. The van der Waals surface area contributed by atoms with Crippen LogP contribution in [0.4, 0.5) is 5.69 Å². The smallest absolute Gasteiger partial charge is 0.0751 e. The Morgan fingerprint density at radius 3 is 2.62 bits per heavy atom. The van der Waals surface area contributed by atoms with Gasteiger partial charge in [0, 0.05) is 17.1 Å². The third kappa shape index (κ3) is 3.16. The summed E-state index contributed by atoms with van der Waals surface area (Å²) in [6.07, 6.45) is 5.28. The van der Waals surface area contributed by atoms with Crippen LogP contribution in [-0.4, -0.2) is 25.0 Å². The van der Waals surface area contributed by atoms with Crippen molar-refractivity contribution in [3.8, 4) is 0 Å². The number of hydrogen-bond acceptors (Lipinski definition) is 3. The standard InChI is InChI=1S/C13H19NOS/c1-10-3-6-12(15-10)9-14-11-4-7-13(16-2)8-5-11/h4-5,7-8,10,12,14H,3,6,9H2,1-2H3. The van der Waals surface area contributed by atoms with Gasteiger partial charge < -0.3 is 10.1 Å². The van der Waals surface area contributed by atoms with Gasteiger partial charge in [0.1, 0.15) is 0 Å². The normalized spacial score (nSPS) is 24.6. The van der Waals surface area contributed by atoms with Crippen LogP contribution in [0.5, 0.6) is 0 Å². The molecule has 1 heterocycles. The molecular weight excluding hydrogens is 218 g/mol. The highest BCUT2D eigenvalue weighted by atomic mass is 32.2. The van der Waals surface area contributed by atoms with Crippen LogP contribution >= 0.6 is 11.8 Å². The molecule has 2 rings (SSSR count). The van der Waals surface area contributed by atoms with Gasteiger partial charge in [-0.25, -0.2) is 0 Å². The Labute approximate surface area is 102 Å². The molecule has 1 aliphatic rings. The third-order valence-corrected chi connectivity index (χ3v) is 3.69. The van der Waals surface area contributed by atoms with E-state index in [4.69, 9.17) is 4.74 Å². The molecule has 0 aromatic heterocycles. The third-order valence-electron chi connectivity index (χ3n) is 2.94. The molecule has 0 spiro atoms. The van der Waals surface area contributed by atoms with Crippen LogP contribution in [-0.2, 0) is 4.74 Å². The minimum Gasteiger partial charge on any atom is -0.382 e. The highest BCUT2D eigenvalue weighted by Crippen LogP contribution is 2.21. The van der Waals surface area contributed by atoms with Gasteiger partial charge in [-0.3, -0.25) is 0 Å². The summed E-state index contributed by atoms with van der Waals surface area (Å²) in [6, 6.07) is 8.55. The second-order valence-corrected chi connectivity index (χ2v) is 5.14. The molecule has 1 aliphatic heterocycles. The summed E-state index contributed by atoms with van der Waals surface area (Å²) in [5.41, 5.74) is 1.18. The molecule has 1 N–H and O–H groups in total. The topological polar surface area (TPSA) is 21.3 Å². The first-order chi connectivity index (χ1) is 7.78. The van der Waals surface area contributed by atoms with E-state index in [9.17, 15) is 0 Å². The summed E-state index contributed by atoms with van der Waals surface area (Å²) in [6.45, 7) is 3.07. The van der Waals surface area contributed by atoms with Crippen LogP contribution in [0.25, 0.3) is 0 Å². The molecule has 16 heavy (non-hydrogen) atoms. The molecule has 88 valence electrons. The van der Waals surface area contributed by atoms with Gasteiger partial charge in [-0.05, 0) is 50.3 Å². The molecule has 0 radical (unpaired) electrons. The minimum atomic E-state index is 0.384.